The van der Waals surface area contributed by atoms with Crippen LogP contribution in [0.1, 0.15) is 32.3 Å². The first kappa shape index (κ1) is 11.4. The highest BCUT2D eigenvalue weighted by Crippen LogP contribution is 2.42. The van der Waals surface area contributed by atoms with Gasteiger partial charge in [0.25, 0.3) is 0 Å². The highest BCUT2D eigenvalue weighted by Gasteiger charge is 2.28. The summed E-state index contributed by atoms with van der Waals surface area (Å²) in [5.41, 5.74) is 2.71. The summed E-state index contributed by atoms with van der Waals surface area (Å²) in [7, 11) is 0. The average Bonchev–Trinajstić information content (AvgIpc) is 2.47. The fourth-order valence-corrected chi connectivity index (χ4v) is 3.77. The zero-order valence-corrected chi connectivity index (χ0v) is 11.4. The first-order valence-corrected chi connectivity index (χ1v) is 6.82. The van der Waals surface area contributed by atoms with Crippen LogP contribution in [-0.2, 0) is 0 Å². The van der Waals surface area contributed by atoms with E-state index in [1.165, 1.54) is 11.1 Å². The van der Waals surface area contributed by atoms with Crippen LogP contribution in [0.2, 0.25) is 0 Å². The molecular weight excluding hydrogens is 272 g/mol. The molecule has 0 aromatic carbocycles. The molecule has 3 heteroatoms. The van der Waals surface area contributed by atoms with E-state index in [1.807, 2.05) is 6.08 Å². The molecule has 0 amide bonds. The van der Waals surface area contributed by atoms with Gasteiger partial charge in [0.15, 0.2) is 0 Å². The molecule has 1 heterocycles. The van der Waals surface area contributed by atoms with E-state index in [9.17, 15) is 5.11 Å². The molecule has 1 atom stereocenters. The average molecular weight is 287 g/mol. The van der Waals surface area contributed by atoms with E-state index in [-0.39, 0.29) is 11.5 Å². The maximum Gasteiger partial charge on any atom is 0.0732 e. The molecule has 0 spiro atoms. The Kier molecular flexibility index (Phi) is 3.06. The summed E-state index contributed by atoms with van der Waals surface area (Å²) in [5, 5.41) is 14.0. The molecule has 0 aliphatic heterocycles. The first-order valence-electron chi connectivity index (χ1n) is 5.09. The van der Waals surface area contributed by atoms with E-state index in [2.05, 4.69) is 40.5 Å². The monoisotopic (exact) mass is 286 g/mol. The molecule has 1 aromatic rings. The summed E-state index contributed by atoms with van der Waals surface area (Å²) in [6, 6.07) is 0. The van der Waals surface area contributed by atoms with Gasteiger partial charge in [0.2, 0.25) is 0 Å². The number of aliphatic hydroxyl groups excluding tert-OH is 1. The first-order chi connectivity index (χ1) is 6.98. The largest absolute Gasteiger partial charge is 0.389 e. The third-order valence-electron chi connectivity index (χ3n) is 2.78. The molecule has 1 nitrogen and oxygen atoms in total. The van der Waals surface area contributed by atoms with Crippen molar-refractivity contribution in [2.45, 2.75) is 32.8 Å². The summed E-state index contributed by atoms with van der Waals surface area (Å²) in [6.45, 7) is 4.42. The number of hydrogen-bond acceptors (Lipinski definition) is 2. The number of allylic oxidation sites excluding steroid dienone is 1. The molecule has 1 aliphatic carbocycles. The van der Waals surface area contributed by atoms with Crippen LogP contribution < -0.4 is 0 Å². The lowest BCUT2D eigenvalue weighted by molar-refractivity contribution is 0.146. The van der Waals surface area contributed by atoms with Crippen molar-refractivity contribution < 1.29 is 5.11 Å². The molecule has 0 bridgehead atoms. The van der Waals surface area contributed by atoms with Gasteiger partial charge in [0, 0.05) is 15.4 Å². The van der Waals surface area contributed by atoms with Gasteiger partial charge in [-0.1, -0.05) is 19.9 Å². The van der Waals surface area contributed by atoms with Crippen LogP contribution in [0.5, 0.6) is 0 Å². The highest BCUT2D eigenvalue weighted by molar-refractivity contribution is 9.10. The van der Waals surface area contributed by atoms with E-state index >= 15 is 0 Å². The normalized spacial score (nSPS) is 25.1. The molecule has 15 heavy (non-hydrogen) atoms. The SMILES string of the molecule is CC1(C)CC(c2cscc2Br)=CC(O)C1. The van der Waals surface area contributed by atoms with Crippen LogP contribution in [0.25, 0.3) is 5.57 Å². The Balaban J connectivity index is 2.34. The topological polar surface area (TPSA) is 20.2 Å². The van der Waals surface area contributed by atoms with Crippen molar-refractivity contribution >= 4 is 32.8 Å². The molecule has 0 saturated carbocycles. The van der Waals surface area contributed by atoms with Crippen LogP contribution in [0.15, 0.2) is 21.3 Å². The smallest absolute Gasteiger partial charge is 0.0732 e. The van der Waals surface area contributed by atoms with Crippen LogP contribution in [0.3, 0.4) is 0 Å². The maximum absolute atomic E-state index is 9.82. The number of aliphatic hydroxyl groups is 1. The fraction of sp³-hybridized carbons (Fsp3) is 0.500. The van der Waals surface area contributed by atoms with E-state index in [0.717, 1.165) is 17.3 Å². The summed E-state index contributed by atoms with van der Waals surface area (Å²) in [4.78, 5) is 0. The van der Waals surface area contributed by atoms with Gasteiger partial charge in [-0.3, -0.25) is 0 Å². The lowest BCUT2D eigenvalue weighted by Gasteiger charge is -2.32. The number of rotatable bonds is 1. The minimum absolute atomic E-state index is 0.199. The molecule has 1 N–H and O–H groups in total. The van der Waals surface area contributed by atoms with Crippen molar-refractivity contribution in [3.63, 3.8) is 0 Å². The minimum atomic E-state index is -0.296. The van der Waals surface area contributed by atoms with Crippen molar-refractivity contribution in [3.8, 4) is 0 Å². The molecule has 1 aromatic heterocycles. The Labute approximate surface area is 103 Å². The van der Waals surface area contributed by atoms with Crippen LogP contribution in [0, 0.1) is 5.41 Å². The van der Waals surface area contributed by atoms with E-state index in [0.29, 0.717) is 0 Å². The molecule has 2 rings (SSSR count). The van der Waals surface area contributed by atoms with E-state index in [4.69, 9.17) is 0 Å². The zero-order chi connectivity index (χ0) is 11.1. The third-order valence-corrected chi connectivity index (χ3v) is 4.49. The number of hydrogen-bond donors (Lipinski definition) is 1. The lowest BCUT2D eigenvalue weighted by atomic mass is 9.75. The second-order valence-corrected chi connectivity index (χ2v) is 6.54. The van der Waals surface area contributed by atoms with Crippen molar-refractivity contribution in [1.82, 2.24) is 0 Å². The maximum atomic E-state index is 9.82. The standard InChI is InChI=1S/C12H15BrOS/c1-12(2)4-8(3-9(14)5-12)10-6-15-7-11(10)13/h3,6-7,9,14H,4-5H2,1-2H3. The summed E-state index contributed by atoms with van der Waals surface area (Å²) < 4.78 is 1.14. The van der Waals surface area contributed by atoms with Crippen molar-refractivity contribution in [2.24, 2.45) is 5.41 Å². The summed E-state index contributed by atoms with van der Waals surface area (Å²) in [6.07, 6.45) is 3.60. The molecule has 0 radical (unpaired) electrons. The van der Waals surface area contributed by atoms with Crippen molar-refractivity contribution in [1.29, 1.82) is 0 Å². The zero-order valence-electron chi connectivity index (χ0n) is 8.96. The van der Waals surface area contributed by atoms with Gasteiger partial charge >= 0.3 is 0 Å². The second-order valence-electron chi connectivity index (χ2n) is 4.94. The van der Waals surface area contributed by atoms with Gasteiger partial charge in [0.05, 0.1) is 6.10 Å². The Hall–Kier alpha value is -0.120. The minimum Gasteiger partial charge on any atom is -0.389 e. The van der Waals surface area contributed by atoms with Gasteiger partial charge in [0.1, 0.15) is 0 Å². The van der Waals surface area contributed by atoms with Crippen LogP contribution >= 0.6 is 27.3 Å². The number of halogens is 1. The van der Waals surface area contributed by atoms with Gasteiger partial charge < -0.3 is 5.11 Å². The fourth-order valence-electron chi connectivity index (χ4n) is 2.20. The summed E-state index contributed by atoms with van der Waals surface area (Å²) in [5.74, 6) is 0. The highest BCUT2D eigenvalue weighted by atomic mass is 79.9. The molecular formula is C12H15BrOS. The van der Waals surface area contributed by atoms with Gasteiger partial charge in [-0.05, 0) is 45.1 Å². The molecule has 82 valence electrons. The van der Waals surface area contributed by atoms with Gasteiger partial charge in [-0.25, -0.2) is 0 Å². The van der Waals surface area contributed by atoms with Gasteiger partial charge in [-0.2, -0.15) is 11.3 Å². The quantitative estimate of drug-likeness (QED) is 0.825. The molecule has 1 unspecified atom stereocenters. The number of thiophene rings is 1. The molecule has 1 aliphatic rings. The lowest BCUT2D eigenvalue weighted by Crippen LogP contribution is -2.24. The Morgan fingerprint density at radius 2 is 2.20 bits per heavy atom. The van der Waals surface area contributed by atoms with E-state index < -0.39 is 0 Å². The molecule has 0 saturated heterocycles. The van der Waals surface area contributed by atoms with Crippen LogP contribution in [-0.4, -0.2) is 11.2 Å². The predicted molar refractivity (Wildman–Crippen MR) is 69.0 cm³/mol. The van der Waals surface area contributed by atoms with E-state index in [1.54, 1.807) is 11.3 Å². The third kappa shape index (κ3) is 2.52. The molecule has 0 fully saturated rings. The van der Waals surface area contributed by atoms with Crippen LogP contribution in [0.4, 0.5) is 0 Å². The Bertz CT molecular complexity index is 392. The second kappa shape index (κ2) is 4.04. The van der Waals surface area contributed by atoms with Crippen molar-refractivity contribution in [2.75, 3.05) is 0 Å². The summed E-state index contributed by atoms with van der Waals surface area (Å²) >= 11 is 5.24. The van der Waals surface area contributed by atoms with Gasteiger partial charge in [-0.15, -0.1) is 0 Å². The predicted octanol–water partition coefficient (Wildman–Crippen LogP) is 4.07. The van der Waals surface area contributed by atoms with Crippen molar-refractivity contribution in [3.05, 3.63) is 26.9 Å². The Morgan fingerprint density at radius 1 is 1.47 bits per heavy atom. The Morgan fingerprint density at radius 3 is 2.73 bits per heavy atom.